The van der Waals surface area contributed by atoms with Gasteiger partial charge in [0.1, 0.15) is 5.69 Å². The molecule has 0 radical (unpaired) electrons. The Morgan fingerprint density at radius 1 is 1.38 bits per heavy atom. The highest BCUT2D eigenvalue weighted by molar-refractivity contribution is 5.93. The summed E-state index contributed by atoms with van der Waals surface area (Å²) in [7, 11) is 3.22. The van der Waals surface area contributed by atoms with Crippen LogP contribution in [0.4, 0.5) is 0 Å². The molecule has 2 saturated carbocycles. The van der Waals surface area contributed by atoms with E-state index in [1.165, 1.54) is 7.11 Å². The van der Waals surface area contributed by atoms with Gasteiger partial charge in [-0.3, -0.25) is 14.3 Å². The number of esters is 1. The Balaban J connectivity index is 1.76. The van der Waals surface area contributed by atoms with Gasteiger partial charge in [0.15, 0.2) is 0 Å². The molecule has 1 N–H and O–H groups in total. The standard InChI is InChI=1S/C15H21N3O3/c1-8-6-11(17-18(8)2)14(19)16-13-10-5-4-9(7-10)12(13)15(20)21-3/h6,9-10,12-13H,4-5,7H2,1-3H3,(H,16,19)/t9-,10-,12-,13+/m0/s1. The van der Waals surface area contributed by atoms with Crippen molar-refractivity contribution in [1.29, 1.82) is 0 Å². The lowest BCUT2D eigenvalue weighted by atomic mass is 9.84. The summed E-state index contributed by atoms with van der Waals surface area (Å²) in [6.07, 6.45) is 3.13. The summed E-state index contributed by atoms with van der Waals surface area (Å²) in [6.45, 7) is 1.90. The van der Waals surface area contributed by atoms with Crippen molar-refractivity contribution < 1.29 is 14.3 Å². The molecule has 4 atom stereocenters. The van der Waals surface area contributed by atoms with Crippen LogP contribution in [0.25, 0.3) is 0 Å². The van der Waals surface area contributed by atoms with Crippen LogP contribution in [-0.4, -0.2) is 34.8 Å². The first-order valence-corrected chi connectivity index (χ1v) is 7.40. The third kappa shape index (κ3) is 2.32. The van der Waals surface area contributed by atoms with E-state index in [-0.39, 0.29) is 23.8 Å². The highest BCUT2D eigenvalue weighted by Crippen LogP contribution is 2.48. The average molecular weight is 291 g/mol. The van der Waals surface area contributed by atoms with Crippen LogP contribution >= 0.6 is 0 Å². The largest absolute Gasteiger partial charge is 0.469 e. The van der Waals surface area contributed by atoms with Gasteiger partial charge < -0.3 is 10.1 Å². The van der Waals surface area contributed by atoms with Crippen molar-refractivity contribution in [3.8, 4) is 0 Å². The number of fused-ring (bicyclic) bond motifs is 2. The summed E-state index contributed by atoms with van der Waals surface area (Å²) in [5.74, 6) is 0.114. The molecule has 3 rings (SSSR count). The van der Waals surface area contributed by atoms with E-state index in [1.807, 2.05) is 6.92 Å². The Hall–Kier alpha value is -1.85. The van der Waals surface area contributed by atoms with E-state index >= 15 is 0 Å². The number of hydrogen-bond donors (Lipinski definition) is 1. The van der Waals surface area contributed by atoms with Crippen molar-refractivity contribution in [2.75, 3.05) is 7.11 Å². The lowest BCUT2D eigenvalue weighted by molar-refractivity contribution is -0.148. The topological polar surface area (TPSA) is 73.2 Å². The van der Waals surface area contributed by atoms with Gasteiger partial charge >= 0.3 is 5.97 Å². The minimum absolute atomic E-state index is 0.119. The van der Waals surface area contributed by atoms with E-state index in [0.29, 0.717) is 17.5 Å². The van der Waals surface area contributed by atoms with Gasteiger partial charge in [-0.2, -0.15) is 5.10 Å². The van der Waals surface area contributed by atoms with Crippen LogP contribution < -0.4 is 5.32 Å². The summed E-state index contributed by atoms with van der Waals surface area (Å²) in [5.41, 5.74) is 1.33. The van der Waals surface area contributed by atoms with E-state index in [1.54, 1.807) is 17.8 Å². The van der Waals surface area contributed by atoms with Gasteiger partial charge in [-0.25, -0.2) is 0 Å². The monoisotopic (exact) mass is 291 g/mol. The summed E-state index contributed by atoms with van der Waals surface area (Å²) in [5, 5.41) is 7.21. The molecule has 0 aliphatic heterocycles. The predicted molar refractivity (Wildman–Crippen MR) is 75.5 cm³/mol. The molecule has 0 spiro atoms. The zero-order chi connectivity index (χ0) is 15.1. The molecule has 0 unspecified atom stereocenters. The van der Waals surface area contributed by atoms with Gasteiger partial charge in [0.25, 0.3) is 5.91 Å². The number of nitrogens with one attached hydrogen (secondary N) is 1. The Morgan fingerprint density at radius 2 is 2.10 bits per heavy atom. The van der Waals surface area contributed by atoms with E-state index in [4.69, 9.17) is 4.74 Å². The molecule has 2 fully saturated rings. The Morgan fingerprint density at radius 3 is 2.71 bits per heavy atom. The van der Waals surface area contributed by atoms with Crippen molar-refractivity contribution >= 4 is 11.9 Å². The van der Waals surface area contributed by atoms with Crippen molar-refractivity contribution in [2.45, 2.75) is 32.2 Å². The number of ether oxygens (including phenoxy) is 1. The molecule has 1 heterocycles. The molecule has 0 aromatic carbocycles. The molecular weight excluding hydrogens is 270 g/mol. The lowest BCUT2D eigenvalue weighted by Crippen LogP contribution is -2.47. The molecule has 6 heteroatoms. The normalized spacial score (nSPS) is 30.4. The van der Waals surface area contributed by atoms with E-state index in [9.17, 15) is 9.59 Å². The van der Waals surface area contributed by atoms with Gasteiger partial charge in [-0.1, -0.05) is 0 Å². The predicted octanol–water partition coefficient (Wildman–Crippen LogP) is 1.05. The first kappa shape index (κ1) is 14.1. The maximum atomic E-state index is 12.4. The number of carbonyl (C=O) groups is 2. The van der Waals surface area contributed by atoms with Crippen molar-refractivity contribution in [2.24, 2.45) is 24.8 Å². The van der Waals surface area contributed by atoms with Crippen LogP contribution in [-0.2, 0) is 16.6 Å². The molecule has 1 aromatic heterocycles. The third-order valence-electron chi connectivity index (χ3n) is 5.03. The molecule has 0 saturated heterocycles. The van der Waals surface area contributed by atoms with Crippen LogP contribution in [0.15, 0.2) is 6.07 Å². The number of rotatable bonds is 3. The first-order valence-electron chi connectivity index (χ1n) is 7.40. The molecule has 2 bridgehead atoms. The Kier molecular flexibility index (Phi) is 3.47. The fourth-order valence-electron chi connectivity index (χ4n) is 3.87. The van der Waals surface area contributed by atoms with Crippen molar-refractivity contribution in [1.82, 2.24) is 15.1 Å². The van der Waals surface area contributed by atoms with E-state index in [2.05, 4.69) is 10.4 Å². The first-order chi connectivity index (χ1) is 10.0. The number of carbonyl (C=O) groups excluding carboxylic acids is 2. The van der Waals surface area contributed by atoms with Crippen LogP contribution in [0, 0.1) is 24.7 Å². The van der Waals surface area contributed by atoms with Crippen LogP contribution in [0.2, 0.25) is 0 Å². The molecule has 6 nitrogen and oxygen atoms in total. The second kappa shape index (κ2) is 5.16. The minimum Gasteiger partial charge on any atom is -0.469 e. The van der Waals surface area contributed by atoms with Gasteiger partial charge in [0.2, 0.25) is 0 Å². The fraction of sp³-hybridized carbons (Fsp3) is 0.667. The lowest BCUT2D eigenvalue weighted by Gasteiger charge is -2.29. The van der Waals surface area contributed by atoms with Crippen molar-refractivity contribution in [3.63, 3.8) is 0 Å². The quantitative estimate of drug-likeness (QED) is 0.845. The number of methoxy groups -OCH3 is 1. The molecule has 2 aliphatic rings. The van der Waals surface area contributed by atoms with Crippen LogP contribution in [0.3, 0.4) is 0 Å². The number of amides is 1. The summed E-state index contributed by atoms with van der Waals surface area (Å²) in [6, 6.07) is 1.64. The highest BCUT2D eigenvalue weighted by Gasteiger charge is 2.52. The number of aryl methyl sites for hydroxylation is 2. The van der Waals surface area contributed by atoms with Crippen LogP contribution in [0.5, 0.6) is 0 Å². The average Bonchev–Trinajstić information content (AvgIpc) is 3.14. The summed E-state index contributed by atoms with van der Waals surface area (Å²) < 4.78 is 6.59. The summed E-state index contributed by atoms with van der Waals surface area (Å²) in [4.78, 5) is 24.4. The second-order valence-corrected chi connectivity index (χ2v) is 6.18. The zero-order valence-corrected chi connectivity index (χ0v) is 12.6. The van der Waals surface area contributed by atoms with E-state index in [0.717, 1.165) is 25.0 Å². The second-order valence-electron chi connectivity index (χ2n) is 6.18. The van der Waals surface area contributed by atoms with Gasteiger partial charge in [-0.15, -0.1) is 0 Å². The van der Waals surface area contributed by atoms with Crippen molar-refractivity contribution in [3.05, 3.63) is 17.5 Å². The Labute approximate surface area is 123 Å². The highest BCUT2D eigenvalue weighted by atomic mass is 16.5. The molecule has 2 aliphatic carbocycles. The molecule has 21 heavy (non-hydrogen) atoms. The van der Waals surface area contributed by atoms with Gasteiger partial charge in [0.05, 0.1) is 13.0 Å². The van der Waals surface area contributed by atoms with Gasteiger partial charge in [0, 0.05) is 18.8 Å². The minimum atomic E-state index is -0.206. The smallest absolute Gasteiger partial charge is 0.311 e. The zero-order valence-electron chi connectivity index (χ0n) is 12.6. The number of hydrogen-bond acceptors (Lipinski definition) is 4. The van der Waals surface area contributed by atoms with Crippen LogP contribution in [0.1, 0.15) is 35.4 Å². The molecular formula is C15H21N3O3. The Bertz CT molecular complexity index is 561. The molecule has 1 aromatic rings. The SMILES string of the molecule is COC(=O)[C@H]1[C@H]2CC[C@@H](C2)[C@H]1NC(=O)c1cc(C)n(C)n1. The third-order valence-corrected chi connectivity index (χ3v) is 5.03. The molecule has 114 valence electrons. The van der Waals surface area contributed by atoms with Gasteiger partial charge in [-0.05, 0) is 44.1 Å². The summed E-state index contributed by atoms with van der Waals surface area (Å²) >= 11 is 0. The number of nitrogens with zero attached hydrogens (tertiary/aromatic N) is 2. The molecule has 1 amide bonds. The maximum absolute atomic E-state index is 12.4. The maximum Gasteiger partial charge on any atom is 0.311 e. The fourth-order valence-corrected chi connectivity index (χ4v) is 3.87. The van der Waals surface area contributed by atoms with E-state index < -0.39 is 0 Å². The number of aromatic nitrogens is 2.